The van der Waals surface area contributed by atoms with Crippen LogP contribution in [0.4, 0.5) is 0 Å². The molecule has 10 heteroatoms. The van der Waals surface area contributed by atoms with Gasteiger partial charge in [-0.3, -0.25) is 14.2 Å². The minimum atomic E-state index is -3.67. The topological polar surface area (TPSA) is 102 Å². The second kappa shape index (κ2) is 7.67. The molecule has 28 heavy (non-hydrogen) atoms. The van der Waals surface area contributed by atoms with Crippen LogP contribution in [0.1, 0.15) is 42.8 Å². The molecular formula is C18H28N6O3S. The van der Waals surface area contributed by atoms with Crippen molar-refractivity contribution >= 4 is 15.9 Å². The number of hydrogen-bond acceptors (Lipinski definition) is 5. The van der Waals surface area contributed by atoms with Crippen LogP contribution in [0.5, 0.6) is 0 Å². The van der Waals surface area contributed by atoms with Crippen molar-refractivity contribution in [2.75, 3.05) is 13.1 Å². The Morgan fingerprint density at radius 2 is 2.04 bits per heavy atom. The minimum Gasteiger partial charge on any atom is -0.349 e. The molecule has 154 valence electrons. The number of amides is 1. The molecule has 1 aliphatic heterocycles. The van der Waals surface area contributed by atoms with Crippen LogP contribution in [0.15, 0.2) is 17.3 Å². The summed E-state index contributed by atoms with van der Waals surface area (Å²) < 4.78 is 30.7. The van der Waals surface area contributed by atoms with Gasteiger partial charge in [0, 0.05) is 38.9 Å². The van der Waals surface area contributed by atoms with E-state index in [1.807, 2.05) is 27.1 Å². The minimum absolute atomic E-state index is 0.126. The Kier molecular flexibility index (Phi) is 5.62. The highest BCUT2D eigenvalue weighted by Crippen LogP contribution is 2.26. The summed E-state index contributed by atoms with van der Waals surface area (Å²) in [6, 6.07) is -0.186. The van der Waals surface area contributed by atoms with Gasteiger partial charge < -0.3 is 5.32 Å². The quantitative estimate of drug-likeness (QED) is 0.797. The Labute approximate surface area is 165 Å². The maximum atomic E-state index is 13.0. The van der Waals surface area contributed by atoms with E-state index in [-0.39, 0.29) is 29.3 Å². The van der Waals surface area contributed by atoms with Gasteiger partial charge in [-0.1, -0.05) is 0 Å². The maximum absolute atomic E-state index is 13.0. The van der Waals surface area contributed by atoms with Gasteiger partial charge >= 0.3 is 0 Å². The van der Waals surface area contributed by atoms with E-state index >= 15 is 0 Å². The molecule has 0 bridgehead atoms. The molecule has 1 saturated heterocycles. The van der Waals surface area contributed by atoms with E-state index < -0.39 is 10.0 Å². The van der Waals surface area contributed by atoms with E-state index in [9.17, 15) is 13.2 Å². The molecular weight excluding hydrogens is 380 g/mol. The SMILES string of the molecule is Cc1nn(C)cc1[C@@H](C)NC(=O)[C@@H]1CCCN(S(=O)(=O)c2cnn(C)c2C)C1. The molecule has 1 fully saturated rings. The van der Waals surface area contributed by atoms with Gasteiger partial charge in [0.15, 0.2) is 0 Å². The Hall–Kier alpha value is -2.20. The smallest absolute Gasteiger partial charge is 0.246 e. The zero-order chi connectivity index (χ0) is 20.6. The van der Waals surface area contributed by atoms with E-state index in [1.54, 1.807) is 23.3 Å². The lowest BCUT2D eigenvalue weighted by Gasteiger charge is -2.31. The van der Waals surface area contributed by atoms with E-state index in [2.05, 4.69) is 15.5 Å². The van der Waals surface area contributed by atoms with E-state index in [0.29, 0.717) is 25.1 Å². The second-order valence-corrected chi connectivity index (χ2v) is 9.40. The molecule has 3 rings (SSSR count). The van der Waals surface area contributed by atoms with Gasteiger partial charge in [-0.2, -0.15) is 14.5 Å². The predicted molar refractivity (Wildman–Crippen MR) is 104 cm³/mol. The highest BCUT2D eigenvalue weighted by Gasteiger charge is 2.35. The lowest BCUT2D eigenvalue weighted by atomic mass is 9.98. The highest BCUT2D eigenvalue weighted by atomic mass is 32.2. The third-order valence-corrected chi connectivity index (χ3v) is 7.41. The average molecular weight is 409 g/mol. The third-order valence-electron chi connectivity index (χ3n) is 5.44. The summed E-state index contributed by atoms with van der Waals surface area (Å²) in [7, 11) is -0.112. The number of aromatic nitrogens is 4. The monoisotopic (exact) mass is 408 g/mol. The van der Waals surface area contributed by atoms with Gasteiger partial charge in [0.1, 0.15) is 4.90 Å². The van der Waals surface area contributed by atoms with Gasteiger partial charge in [-0.15, -0.1) is 0 Å². The summed E-state index contributed by atoms with van der Waals surface area (Å²) in [5.74, 6) is -0.501. The number of carbonyl (C=O) groups is 1. The Morgan fingerprint density at radius 1 is 1.32 bits per heavy atom. The molecule has 2 aromatic heterocycles. The van der Waals surface area contributed by atoms with E-state index in [1.165, 1.54) is 10.5 Å². The lowest BCUT2D eigenvalue weighted by Crippen LogP contribution is -2.45. The summed E-state index contributed by atoms with van der Waals surface area (Å²) in [6.45, 7) is 6.15. The lowest BCUT2D eigenvalue weighted by molar-refractivity contribution is -0.126. The van der Waals surface area contributed by atoms with Crippen molar-refractivity contribution in [3.8, 4) is 0 Å². The number of nitrogens with one attached hydrogen (secondary N) is 1. The highest BCUT2D eigenvalue weighted by molar-refractivity contribution is 7.89. The summed E-state index contributed by atoms with van der Waals surface area (Å²) in [5.41, 5.74) is 2.42. The Bertz CT molecular complexity index is 978. The van der Waals surface area contributed by atoms with E-state index in [0.717, 1.165) is 11.3 Å². The molecule has 2 atom stereocenters. The number of sulfonamides is 1. The number of rotatable bonds is 5. The molecule has 9 nitrogen and oxygen atoms in total. The molecule has 0 saturated carbocycles. The van der Waals surface area contributed by atoms with Gasteiger partial charge in [-0.25, -0.2) is 8.42 Å². The van der Waals surface area contributed by atoms with Crippen molar-refractivity contribution in [1.82, 2.24) is 29.2 Å². The second-order valence-electron chi connectivity index (χ2n) is 7.49. The normalized spacial score (nSPS) is 19.5. The number of carbonyl (C=O) groups excluding carboxylic acids is 1. The molecule has 0 aromatic carbocycles. The summed E-state index contributed by atoms with van der Waals surface area (Å²) in [5, 5.41) is 11.4. The van der Waals surface area contributed by atoms with Gasteiger partial charge in [-0.05, 0) is 33.6 Å². The van der Waals surface area contributed by atoms with Crippen molar-refractivity contribution in [1.29, 1.82) is 0 Å². The fourth-order valence-corrected chi connectivity index (χ4v) is 5.41. The van der Waals surface area contributed by atoms with Crippen LogP contribution in [0.3, 0.4) is 0 Å². The van der Waals surface area contributed by atoms with Crippen molar-refractivity contribution in [2.24, 2.45) is 20.0 Å². The summed E-state index contributed by atoms with van der Waals surface area (Å²) in [6.07, 6.45) is 4.59. The molecule has 0 unspecified atom stereocenters. The van der Waals surface area contributed by atoms with Gasteiger partial charge in [0.25, 0.3) is 0 Å². The molecule has 0 spiro atoms. The summed E-state index contributed by atoms with van der Waals surface area (Å²) in [4.78, 5) is 13.0. The number of hydrogen-bond donors (Lipinski definition) is 1. The standard InChI is InChI=1S/C18H28N6O3S/c1-12(16-11-22(4)21-13(16)2)20-18(25)15-7-6-8-24(10-15)28(26,27)17-9-19-23(5)14(17)3/h9,11-12,15H,6-8,10H2,1-5H3,(H,20,25)/t12-,15-/m1/s1. The first kappa shape index (κ1) is 20.5. The maximum Gasteiger partial charge on any atom is 0.246 e. The van der Waals surface area contributed by atoms with E-state index in [4.69, 9.17) is 0 Å². The zero-order valence-corrected chi connectivity index (χ0v) is 17.8. The van der Waals surface area contributed by atoms with Crippen molar-refractivity contribution in [2.45, 2.75) is 44.6 Å². The van der Waals surface area contributed by atoms with Crippen LogP contribution in [0.2, 0.25) is 0 Å². The van der Waals surface area contributed by atoms with Crippen molar-refractivity contribution < 1.29 is 13.2 Å². The van der Waals surface area contributed by atoms with Crippen LogP contribution in [0.25, 0.3) is 0 Å². The zero-order valence-electron chi connectivity index (χ0n) is 17.0. The fraction of sp³-hybridized carbons (Fsp3) is 0.611. The average Bonchev–Trinajstić information content (AvgIpc) is 3.16. The number of aryl methyl sites for hydroxylation is 3. The first-order valence-electron chi connectivity index (χ1n) is 9.40. The molecule has 2 aromatic rings. The Morgan fingerprint density at radius 3 is 2.61 bits per heavy atom. The van der Waals surface area contributed by atoms with Gasteiger partial charge in [0.05, 0.1) is 29.5 Å². The van der Waals surface area contributed by atoms with Gasteiger partial charge in [0.2, 0.25) is 15.9 Å². The molecule has 0 aliphatic carbocycles. The number of nitrogens with zero attached hydrogens (tertiary/aromatic N) is 5. The van der Waals surface area contributed by atoms with Crippen LogP contribution in [-0.2, 0) is 28.9 Å². The van der Waals surface area contributed by atoms with Crippen molar-refractivity contribution in [3.63, 3.8) is 0 Å². The fourth-order valence-electron chi connectivity index (χ4n) is 3.70. The molecule has 0 radical (unpaired) electrons. The molecule has 1 N–H and O–H groups in total. The predicted octanol–water partition coefficient (Wildman–Crippen LogP) is 1.05. The first-order valence-corrected chi connectivity index (χ1v) is 10.8. The largest absolute Gasteiger partial charge is 0.349 e. The molecule has 1 amide bonds. The van der Waals surface area contributed by atoms with Crippen LogP contribution >= 0.6 is 0 Å². The van der Waals surface area contributed by atoms with Crippen LogP contribution in [0, 0.1) is 19.8 Å². The third kappa shape index (κ3) is 3.83. The van der Waals surface area contributed by atoms with Crippen LogP contribution in [-0.4, -0.2) is 51.3 Å². The van der Waals surface area contributed by atoms with Crippen LogP contribution < -0.4 is 5.32 Å². The summed E-state index contributed by atoms with van der Waals surface area (Å²) >= 11 is 0. The molecule has 1 aliphatic rings. The molecule has 3 heterocycles. The first-order chi connectivity index (χ1) is 13.1. The van der Waals surface area contributed by atoms with Crippen molar-refractivity contribution in [3.05, 3.63) is 29.3 Å². The number of piperidine rings is 1. The Balaban J connectivity index is 1.71.